The summed E-state index contributed by atoms with van der Waals surface area (Å²) in [6.45, 7) is 2.34. The second kappa shape index (κ2) is 7.77. The van der Waals surface area contributed by atoms with Crippen LogP contribution in [0.3, 0.4) is 0 Å². The molecule has 2 heterocycles. The van der Waals surface area contributed by atoms with Crippen LogP contribution < -0.4 is 15.4 Å². The first-order chi connectivity index (χ1) is 12.5. The summed E-state index contributed by atoms with van der Waals surface area (Å²) in [4.78, 5) is 12.5. The van der Waals surface area contributed by atoms with Gasteiger partial charge < -0.3 is 15.4 Å². The predicted octanol–water partition coefficient (Wildman–Crippen LogP) is 2.67. The lowest BCUT2D eigenvalue weighted by molar-refractivity contribution is -0.0502. The third-order valence-electron chi connectivity index (χ3n) is 4.46. The maximum absolute atomic E-state index is 12.5. The highest BCUT2D eigenvalue weighted by molar-refractivity contribution is 6.03. The molecule has 0 unspecified atom stereocenters. The average molecular weight is 365 g/mol. The van der Waals surface area contributed by atoms with Crippen LogP contribution >= 0.6 is 0 Å². The molecular weight excluding hydrogens is 344 g/mol. The van der Waals surface area contributed by atoms with Gasteiger partial charge in [0.15, 0.2) is 5.69 Å². The molecule has 0 radical (unpaired) electrons. The molecule has 1 aromatic carbocycles. The zero-order chi connectivity index (χ0) is 18.7. The predicted molar refractivity (Wildman–Crippen MR) is 91.7 cm³/mol. The number of nitrogens with zero attached hydrogens (tertiary/aromatic N) is 3. The van der Waals surface area contributed by atoms with Gasteiger partial charge in [-0.05, 0) is 51.4 Å². The van der Waals surface area contributed by atoms with Crippen LogP contribution in [0.15, 0.2) is 18.2 Å². The molecule has 1 fully saturated rings. The number of piperidine rings is 1. The van der Waals surface area contributed by atoms with Crippen LogP contribution in [0.2, 0.25) is 0 Å². The Morgan fingerprint density at radius 1 is 1.35 bits per heavy atom. The van der Waals surface area contributed by atoms with E-state index in [-0.39, 0.29) is 17.5 Å². The number of carbonyl (C=O) groups excluding carboxylic acids is 1. The number of aryl methyl sites for hydroxylation is 1. The molecule has 0 saturated carbocycles. The fraction of sp³-hybridized carbons (Fsp3) is 0.471. The molecule has 1 aromatic heterocycles. The van der Waals surface area contributed by atoms with Crippen molar-refractivity contribution in [1.82, 2.24) is 20.3 Å². The van der Waals surface area contributed by atoms with Gasteiger partial charge in [0.25, 0.3) is 5.91 Å². The van der Waals surface area contributed by atoms with Crippen LogP contribution in [0.4, 0.5) is 14.5 Å². The minimum Gasteiger partial charge on any atom is -0.434 e. The van der Waals surface area contributed by atoms with Gasteiger partial charge in [0, 0.05) is 11.8 Å². The Labute approximate surface area is 149 Å². The number of aromatic nitrogens is 3. The van der Waals surface area contributed by atoms with E-state index < -0.39 is 12.5 Å². The lowest BCUT2D eigenvalue weighted by Crippen LogP contribution is -2.30. The Balaban J connectivity index is 1.75. The number of benzene rings is 1. The van der Waals surface area contributed by atoms with E-state index in [2.05, 4.69) is 25.7 Å². The molecular formula is C17H21F2N5O2. The monoisotopic (exact) mass is 365 g/mol. The first kappa shape index (κ1) is 18.2. The maximum Gasteiger partial charge on any atom is 0.387 e. The molecule has 3 rings (SSSR count). The summed E-state index contributed by atoms with van der Waals surface area (Å²) >= 11 is 0. The van der Waals surface area contributed by atoms with Crippen molar-refractivity contribution in [2.75, 3.05) is 18.4 Å². The summed E-state index contributed by atoms with van der Waals surface area (Å²) in [7, 11) is 0. The van der Waals surface area contributed by atoms with Crippen molar-refractivity contribution in [2.45, 2.75) is 39.3 Å². The number of amides is 1. The number of alkyl halides is 2. The summed E-state index contributed by atoms with van der Waals surface area (Å²) in [6.07, 6.45) is 1.86. The highest BCUT2D eigenvalue weighted by Gasteiger charge is 2.23. The Hall–Kier alpha value is -2.55. The molecule has 1 amide bonds. The van der Waals surface area contributed by atoms with E-state index in [1.165, 1.54) is 6.07 Å². The second-order valence-electron chi connectivity index (χ2n) is 6.26. The third-order valence-corrected chi connectivity index (χ3v) is 4.46. The quantitative estimate of drug-likeness (QED) is 0.851. The molecule has 7 nitrogen and oxygen atoms in total. The molecule has 2 aromatic rings. The summed E-state index contributed by atoms with van der Waals surface area (Å²) < 4.78 is 31.2. The number of anilines is 1. The highest BCUT2D eigenvalue weighted by Crippen LogP contribution is 2.25. The number of nitrogens with one attached hydrogen (secondary N) is 2. The number of carbonyl (C=O) groups is 1. The Bertz CT molecular complexity index is 787. The number of hydrogen-bond acceptors (Lipinski definition) is 5. The second-order valence-corrected chi connectivity index (χ2v) is 6.26. The molecule has 0 spiro atoms. The molecule has 0 bridgehead atoms. The van der Waals surface area contributed by atoms with E-state index in [4.69, 9.17) is 0 Å². The Morgan fingerprint density at radius 3 is 2.77 bits per heavy atom. The summed E-state index contributed by atoms with van der Waals surface area (Å²) in [5, 5.41) is 14.1. The van der Waals surface area contributed by atoms with Crippen molar-refractivity contribution in [3.63, 3.8) is 0 Å². The van der Waals surface area contributed by atoms with Crippen LogP contribution in [0.5, 0.6) is 5.75 Å². The summed E-state index contributed by atoms with van der Waals surface area (Å²) in [5.41, 5.74) is 1.81. The van der Waals surface area contributed by atoms with E-state index in [0.717, 1.165) is 25.9 Å². The normalized spacial score (nSPS) is 15.3. The molecule has 0 atom stereocenters. The molecule has 0 aliphatic carbocycles. The van der Waals surface area contributed by atoms with Crippen molar-refractivity contribution in [2.24, 2.45) is 0 Å². The molecule has 1 aliphatic rings. The van der Waals surface area contributed by atoms with Crippen LogP contribution in [-0.4, -0.2) is 40.6 Å². The molecule has 26 heavy (non-hydrogen) atoms. The van der Waals surface area contributed by atoms with Crippen LogP contribution in [-0.2, 0) is 0 Å². The number of rotatable bonds is 5. The SMILES string of the molecule is Cc1ccc(NC(=O)c2nnn(C3CCNCC3)c2C)cc1OC(F)F. The molecule has 1 aliphatic heterocycles. The number of hydrogen-bond donors (Lipinski definition) is 2. The maximum atomic E-state index is 12.5. The third kappa shape index (κ3) is 3.98. The van der Waals surface area contributed by atoms with Crippen molar-refractivity contribution < 1.29 is 18.3 Å². The molecule has 140 valence electrons. The van der Waals surface area contributed by atoms with Gasteiger partial charge in [-0.3, -0.25) is 4.79 Å². The first-order valence-electron chi connectivity index (χ1n) is 8.45. The van der Waals surface area contributed by atoms with Gasteiger partial charge in [-0.1, -0.05) is 11.3 Å². The van der Waals surface area contributed by atoms with Crippen molar-refractivity contribution in [1.29, 1.82) is 0 Å². The zero-order valence-electron chi connectivity index (χ0n) is 14.6. The fourth-order valence-electron chi connectivity index (χ4n) is 3.04. The lowest BCUT2D eigenvalue weighted by Gasteiger charge is -2.23. The summed E-state index contributed by atoms with van der Waals surface area (Å²) in [6, 6.07) is 4.81. The largest absolute Gasteiger partial charge is 0.434 e. The van der Waals surface area contributed by atoms with Gasteiger partial charge in [0.05, 0.1) is 11.7 Å². The molecule has 9 heteroatoms. The van der Waals surface area contributed by atoms with Crippen LogP contribution in [0.25, 0.3) is 0 Å². The lowest BCUT2D eigenvalue weighted by atomic mass is 10.1. The van der Waals surface area contributed by atoms with Gasteiger partial charge in [-0.25, -0.2) is 4.68 Å². The number of ether oxygens (including phenoxy) is 1. The number of halogens is 2. The highest BCUT2D eigenvalue weighted by atomic mass is 19.3. The topological polar surface area (TPSA) is 81.1 Å². The average Bonchev–Trinajstić information content (AvgIpc) is 3.00. The first-order valence-corrected chi connectivity index (χ1v) is 8.45. The zero-order valence-corrected chi connectivity index (χ0v) is 14.6. The molecule has 1 saturated heterocycles. The molecule has 2 N–H and O–H groups in total. The van der Waals surface area contributed by atoms with Gasteiger partial charge in [-0.15, -0.1) is 5.10 Å². The summed E-state index contributed by atoms with van der Waals surface area (Å²) in [5.74, 6) is -0.414. The standard InChI is InChI=1S/C17H21F2N5O2/c1-10-3-4-12(9-14(10)26-17(18)19)21-16(25)15-11(2)24(23-22-15)13-5-7-20-8-6-13/h3-4,9,13,17,20H,5-8H2,1-2H3,(H,21,25). The van der Waals surface area contributed by atoms with E-state index in [0.29, 0.717) is 16.9 Å². The minimum absolute atomic E-state index is 0.0212. The smallest absolute Gasteiger partial charge is 0.387 e. The fourth-order valence-corrected chi connectivity index (χ4v) is 3.04. The van der Waals surface area contributed by atoms with Gasteiger partial charge >= 0.3 is 6.61 Å². The van der Waals surface area contributed by atoms with Crippen molar-refractivity contribution >= 4 is 11.6 Å². The van der Waals surface area contributed by atoms with Crippen molar-refractivity contribution in [3.05, 3.63) is 35.2 Å². The van der Waals surface area contributed by atoms with Gasteiger partial charge in [0.1, 0.15) is 5.75 Å². The Morgan fingerprint density at radius 2 is 2.08 bits per heavy atom. The van der Waals surface area contributed by atoms with E-state index in [1.807, 2.05) is 0 Å². The van der Waals surface area contributed by atoms with E-state index in [1.54, 1.807) is 30.7 Å². The van der Waals surface area contributed by atoms with Crippen LogP contribution in [0.1, 0.15) is 40.6 Å². The minimum atomic E-state index is -2.92. The van der Waals surface area contributed by atoms with Gasteiger partial charge in [0.2, 0.25) is 0 Å². The van der Waals surface area contributed by atoms with E-state index >= 15 is 0 Å². The Kier molecular flexibility index (Phi) is 5.46. The van der Waals surface area contributed by atoms with Crippen molar-refractivity contribution in [3.8, 4) is 5.75 Å². The van der Waals surface area contributed by atoms with Crippen LogP contribution in [0, 0.1) is 13.8 Å². The van der Waals surface area contributed by atoms with E-state index in [9.17, 15) is 13.6 Å². The van der Waals surface area contributed by atoms with Gasteiger partial charge in [-0.2, -0.15) is 8.78 Å².